The van der Waals surface area contributed by atoms with E-state index in [1.54, 1.807) is 6.07 Å². The van der Waals surface area contributed by atoms with Crippen molar-refractivity contribution in [2.24, 2.45) is 0 Å². The largest absolute Gasteiger partial charge is 0.481 e. The summed E-state index contributed by atoms with van der Waals surface area (Å²) in [5.74, 6) is 0.960. The normalized spacial score (nSPS) is 11.1. The van der Waals surface area contributed by atoms with E-state index in [9.17, 15) is 0 Å². The van der Waals surface area contributed by atoms with E-state index >= 15 is 0 Å². The fourth-order valence-corrected chi connectivity index (χ4v) is 0.892. The van der Waals surface area contributed by atoms with Crippen LogP contribution in [0.25, 0.3) is 0 Å². The SMILES string of the molecule is COc1cc(OC(C)(C)C)nc(N)n1. The van der Waals surface area contributed by atoms with Gasteiger partial charge >= 0.3 is 0 Å². The average molecular weight is 197 g/mol. The summed E-state index contributed by atoms with van der Waals surface area (Å²) < 4.78 is 10.5. The van der Waals surface area contributed by atoms with Gasteiger partial charge in [-0.3, -0.25) is 0 Å². The summed E-state index contributed by atoms with van der Waals surface area (Å²) in [5.41, 5.74) is 5.16. The Labute approximate surface area is 83.3 Å². The monoisotopic (exact) mass is 197 g/mol. The summed E-state index contributed by atoms with van der Waals surface area (Å²) in [5, 5.41) is 0. The molecule has 0 saturated carbocycles. The molecule has 0 aliphatic carbocycles. The van der Waals surface area contributed by atoms with Crippen molar-refractivity contribution in [2.45, 2.75) is 26.4 Å². The fourth-order valence-electron chi connectivity index (χ4n) is 0.892. The van der Waals surface area contributed by atoms with Gasteiger partial charge in [0.2, 0.25) is 17.7 Å². The lowest BCUT2D eigenvalue weighted by molar-refractivity contribution is 0.123. The topological polar surface area (TPSA) is 70.3 Å². The molecular weight excluding hydrogens is 182 g/mol. The third kappa shape index (κ3) is 3.08. The van der Waals surface area contributed by atoms with Gasteiger partial charge in [0.1, 0.15) is 5.60 Å². The Morgan fingerprint density at radius 1 is 1.21 bits per heavy atom. The van der Waals surface area contributed by atoms with Crippen LogP contribution in [0.4, 0.5) is 5.95 Å². The van der Waals surface area contributed by atoms with E-state index in [1.807, 2.05) is 20.8 Å². The number of hydrogen-bond acceptors (Lipinski definition) is 5. The van der Waals surface area contributed by atoms with Crippen molar-refractivity contribution in [3.63, 3.8) is 0 Å². The molecule has 1 heterocycles. The van der Waals surface area contributed by atoms with Crippen LogP contribution >= 0.6 is 0 Å². The van der Waals surface area contributed by atoms with E-state index in [0.717, 1.165) is 0 Å². The van der Waals surface area contributed by atoms with E-state index < -0.39 is 0 Å². The maximum absolute atomic E-state index is 5.51. The molecule has 0 unspecified atom stereocenters. The molecule has 14 heavy (non-hydrogen) atoms. The Kier molecular flexibility index (Phi) is 2.78. The molecular formula is C9H15N3O2. The highest BCUT2D eigenvalue weighted by atomic mass is 16.5. The van der Waals surface area contributed by atoms with E-state index in [0.29, 0.717) is 11.8 Å². The first-order valence-corrected chi connectivity index (χ1v) is 4.28. The number of anilines is 1. The lowest BCUT2D eigenvalue weighted by Crippen LogP contribution is -2.23. The first-order chi connectivity index (χ1) is 6.40. The molecule has 0 amide bonds. The molecule has 0 fully saturated rings. The van der Waals surface area contributed by atoms with Gasteiger partial charge in [0.25, 0.3) is 0 Å². The number of nitrogens with zero attached hydrogens (tertiary/aromatic N) is 2. The molecule has 1 aromatic heterocycles. The molecule has 0 radical (unpaired) electrons. The van der Waals surface area contributed by atoms with Crippen molar-refractivity contribution in [2.75, 3.05) is 12.8 Å². The quantitative estimate of drug-likeness (QED) is 0.772. The molecule has 0 aromatic carbocycles. The molecule has 2 N–H and O–H groups in total. The van der Waals surface area contributed by atoms with Crippen LogP contribution in [0.1, 0.15) is 20.8 Å². The fraction of sp³-hybridized carbons (Fsp3) is 0.556. The second-order valence-corrected chi connectivity index (χ2v) is 3.82. The summed E-state index contributed by atoms with van der Waals surface area (Å²) in [6, 6.07) is 1.60. The standard InChI is InChI=1S/C9H15N3O2/c1-9(2,3)14-7-5-6(13-4)11-8(10)12-7/h5H,1-4H3,(H2,10,11,12). The van der Waals surface area contributed by atoms with Crippen molar-refractivity contribution in [1.82, 2.24) is 9.97 Å². The lowest BCUT2D eigenvalue weighted by Gasteiger charge is -2.20. The van der Waals surface area contributed by atoms with Crippen LogP contribution in [0.15, 0.2) is 6.07 Å². The van der Waals surface area contributed by atoms with Gasteiger partial charge in [0.05, 0.1) is 13.2 Å². The van der Waals surface area contributed by atoms with Crippen LogP contribution in [0.2, 0.25) is 0 Å². The zero-order chi connectivity index (χ0) is 10.8. The van der Waals surface area contributed by atoms with Gasteiger partial charge in [-0.2, -0.15) is 9.97 Å². The second kappa shape index (κ2) is 3.69. The molecule has 0 spiro atoms. The molecule has 1 aromatic rings. The van der Waals surface area contributed by atoms with Gasteiger partial charge in [-0.1, -0.05) is 0 Å². The average Bonchev–Trinajstić information content (AvgIpc) is 1.99. The second-order valence-electron chi connectivity index (χ2n) is 3.82. The van der Waals surface area contributed by atoms with Crippen LogP contribution in [-0.4, -0.2) is 22.7 Å². The third-order valence-corrected chi connectivity index (χ3v) is 1.32. The summed E-state index contributed by atoms with van der Waals surface area (Å²) in [6.45, 7) is 5.79. The Bertz CT molecular complexity index is 320. The summed E-state index contributed by atoms with van der Waals surface area (Å²) in [6.07, 6.45) is 0. The number of ether oxygens (including phenoxy) is 2. The Morgan fingerprint density at radius 2 is 1.79 bits per heavy atom. The number of nitrogen functional groups attached to an aromatic ring is 1. The van der Waals surface area contributed by atoms with Gasteiger partial charge in [-0.25, -0.2) is 0 Å². The van der Waals surface area contributed by atoms with Crippen molar-refractivity contribution >= 4 is 5.95 Å². The van der Waals surface area contributed by atoms with Crippen LogP contribution < -0.4 is 15.2 Å². The smallest absolute Gasteiger partial charge is 0.226 e. The minimum atomic E-state index is -0.314. The van der Waals surface area contributed by atoms with Crippen molar-refractivity contribution in [1.29, 1.82) is 0 Å². The van der Waals surface area contributed by atoms with E-state index in [2.05, 4.69) is 9.97 Å². The molecule has 0 aliphatic rings. The van der Waals surface area contributed by atoms with E-state index in [-0.39, 0.29) is 11.5 Å². The van der Waals surface area contributed by atoms with Crippen molar-refractivity contribution < 1.29 is 9.47 Å². The molecule has 5 heteroatoms. The van der Waals surface area contributed by atoms with Crippen molar-refractivity contribution in [3.8, 4) is 11.8 Å². The Hall–Kier alpha value is -1.52. The van der Waals surface area contributed by atoms with Crippen LogP contribution in [0, 0.1) is 0 Å². The third-order valence-electron chi connectivity index (χ3n) is 1.32. The predicted molar refractivity (Wildman–Crippen MR) is 53.4 cm³/mol. The van der Waals surface area contributed by atoms with Crippen LogP contribution in [0.3, 0.4) is 0 Å². The summed E-state index contributed by atoms with van der Waals surface area (Å²) in [7, 11) is 1.52. The highest BCUT2D eigenvalue weighted by Crippen LogP contribution is 2.20. The molecule has 0 bridgehead atoms. The lowest BCUT2D eigenvalue weighted by atomic mass is 10.2. The maximum Gasteiger partial charge on any atom is 0.226 e. The van der Waals surface area contributed by atoms with E-state index in [1.165, 1.54) is 7.11 Å². The zero-order valence-electron chi connectivity index (χ0n) is 8.87. The van der Waals surface area contributed by atoms with Gasteiger partial charge in [0, 0.05) is 0 Å². The number of methoxy groups -OCH3 is 1. The van der Waals surface area contributed by atoms with Crippen LogP contribution in [0.5, 0.6) is 11.8 Å². The molecule has 0 saturated heterocycles. The minimum Gasteiger partial charge on any atom is -0.481 e. The Balaban J connectivity index is 2.92. The van der Waals surface area contributed by atoms with Gasteiger partial charge in [0.15, 0.2) is 0 Å². The van der Waals surface area contributed by atoms with Crippen LogP contribution in [-0.2, 0) is 0 Å². The summed E-state index contributed by atoms with van der Waals surface area (Å²) in [4.78, 5) is 7.78. The highest BCUT2D eigenvalue weighted by molar-refractivity contribution is 5.29. The molecule has 1 rings (SSSR count). The molecule has 78 valence electrons. The Morgan fingerprint density at radius 3 is 2.29 bits per heavy atom. The van der Waals surface area contributed by atoms with Gasteiger partial charge < -0.3 is 15.2 Å². The highest BCUT2D eigenvalue weighted by Gasteiger charge is 2.14. The maximum atomic E-state index is 5.51. The van der Waals surface area contributed by atoms with E-state index in [4.69, 9.17) is 15.2 Å². The first kappa shape index (κ1) is 10.6. The summed E-state index contributed by atoms with van der Waals surface area (Å²) >= 11 is 0. The predicted octanol–water partition coefficient (Wildman–Crippen LogP) is 1.24. The minimum absolute atomic E-state index is 0.142. The molecule has 0 aliphatic heterocycles. The number of nitrogens with two attached hydrogens (primary N) is 1. The molecule has 0 atom stereocenters. The van der Waals surface area contributed by atoms with Gasteiger partial charge in [-0.05, 0) is 20.8 Å². The zero-order valence-corrected chi connectivity index (χ0v) is 8.87. The van der Waals surface area contributed by atoms with Crippen molar-refractivity contribution in [3.05, 3.63) is 6.07 Å². The number of hydrogen-bond donors (Lipinski definition) is 1. The first-order valence-electron chi connectivity index (χ1n) is 4.28. The van der Waals surface area contributed by atoms with Gasteiger partial charge in [-0.15, -0.1) is 0 Å². The molecule has 5 nitrogen and oxygen atoms in total. The number of aromatic nitrogens is 2. The number of rotatable bonds is 2.